The van der Waals surface area contributed by atoms with Crippen LogP contribution in [-0.4, -0.2) is 24.6 Å². The standard InChI is InChI=1S/C14H20O3/c15-11-13-5-3-4-12(10-13)7-9-17-14-6-1-2-8-16-14/h3-5,10,14-15H,1-2,6-9,11H2. The molecule has 1 aliphatic rings. The van der Waals surface area contributed by atoms with E-state index in [4.69, 9.17) is 14.6 Å². The SMILES string of the molecule is OCc1cccc(CCOC2CCCCO2)c1. The Kier molecular flexibility index (Phi) is 4.98. The van der Waals surface area contributed by atoms with Crippen molar-refractivity contribution in [2.75, 3.05) is 13.2 Å². The number of hydrogen-bond acceptors (Lipinski definition) is 3. The topological polar surface area (TPSA) is 38.7 Å². The highest BCUT2D eigenvalue weighted by Crippen LogP contribution is 2.14. The fourth-order valence-electron chi connectivity index (χ4n) is 2.03. The number of aliphatic hydroxyl groups is 1. The quantitative estimate of drug-likeness (QED) is 0.852. The second-order valence-corrected chi connectivity index (χ2v) is 4.39. The molecule has 1 saturated heterocycles. The van der Waals surface area contributed by atoms with E-state index in [1.165, 1.54) is 12.0 Å². The molecular formula is C14H20O3. The lowest BCUT2D eigenvalue weighted by Crippen LogP contribution is -2.23. The minimum atomic E-state index is -0.00947. The van der Waals surface area contributed by atoms with Gasteiger partial charge in [0.2, 0.25) is 0 Å². The monoisotopic (exact) mass is 236 g/mol. The van der Waals surface area contributed by atoms with Gasteiger partial charge in [-0.2, -0.15) is 0 Å². The molecule has 2 rings (SSSR count). The van der Waals surface area contributed by atoms with Crippen molar-refractivity contribution in [2.45, 2.75) is 38.6 Å². The van der Waals surface area contributed by atoms with Crippen LogP contribution in [-0.2, 0) is 22.5 Å². The predicted molar refractivity (Wildman–Crippen MR) is 65.6 cm³/mol. The Morgan fingerprint density at radius 1 is 1.29 bits per heavy atom. The van der Waals surface area contributed by atoms with Crippen LogP contribution >= 0.6 is 0 Å². The first-order chi connectivity index (χ1) is 8.38. The molecule has 17 heavy (non-hydrogen) atoms. The fraction of sp³-hybridized carbons (Fsp3) is 0.571. The van der Waals surface area contributed by atoms with Gasteiger partial charge in [-0.1, -0.05) is 24.3 Å². The molecule has 0 spiro atoms. The van der Waals surface area contributed by atoms with Gasteiger partial charge in [0.1, 0.15) is 0 Å². The summed E-state index contributed by atoms with van der Waals surface area (Å²) in [6.45, 7) is 1.60. The molecule has 1 aromatic carbocycles. The minimum Gasteiger partial charge on any atom is -0.392 e. The van der Waals surface area contributed by atoms with Crippen molar-refractivity contribution in [3.8, 4) is 0 Å². The lowest BCUT2D eigenvalue weighted by atomic mass is 10.1. The van der Waals surface area contributed by atoms with E-state index in [2.05, 4.69) is 6.07 Å². The normalized spacial score (nSPS) is 20.4. The van der Waals surface area contributed by atoms with E-state index in [1.807, 2.05) is 18.2 Å². The van der Waals surface area contributed by atoms with Crippen LogP contribution in [0.4, 0.5) is 0 Å². The van der Waals surface area contributed by atoms with Crippen molar-refractivity contribution in [1.82, 2.24) is 0 Å². The highest BCUT2D eigenvalue weighted by molar-refractivity contribution is 5.22. The number of benzene rings is 1. The van der Waals surface area contributed by atoms with Gasteiger partial charge in [0.05, 0.1) is 13.2 Å². The molecule has 0 bridgehead atoms. The van der Waals surface area contributed by atoms with E-state index in [9.17, 15) is 0 Å². The molecule has 1 fully saturated rings. The Hall–Kier alpha value is -0.900. The summed E-state index contributed by atoms with van der Waals surface area (Å²) < 4.78 is 11.2. The maximum atomic E-state index is 9.04. The first kappa shape index (κ1) is 12.6. The summed E-state index contributed by atoms with van der Waals surface area (Å²) >= 11 is 0. The van der Waals surface area contributed by atoms with Gasteiger partial charge in [0.15, 0.2) is 6.29 Å². The minimum absolute atomic E-state index is 0.00947. The Balaban J connectivity index is 1.73. The Bertz CT molecular complexity index is 332. The zero-order valence-corrected chi connectivity index (χ0v) is 10.1. The van der Waals surface area contributed by atoms with E-state index in [-0.39, 0.29) is 12.9 Å². The van der Waals surface area contributed by atoms with Gasteiger partial charge in [-0.15, -0.1) is 0 Å². The highest BCUT2D eigenvalue weighted by Gasteiger charge is 2.13. The molecule has 1 aromatic rings. The number of aliphatic hydroxyl groups excluding tert-OH is 1. The Labute approximate surface area is 102 Å². The molecule has 0 radical (unpaired) electrons. The van der Waals surface area contributed by atoms with Crippen molar-refractivity contribution < 1.29 is 14.6 Å². The van der Waals surface area contributed by atoms with Crippen molar-refractivity contribution >= 4 is 0 Å². The molecule has 1 heterocycles. The van der Waals surface area contributed by atoms with Gasteiger partial charge in [-0.3, -0.25) is 0 Å². The summed E-state index contributed by atoms with van der Waals surface area (Å²) in [6, 6.07) is 7.97. The van der Waals surface area contributed by atoms with Crippen LogP contribution in [0.25, 0.3) is 0 Å². The molecule has 0 aromatic heterocycles. The van der Waals surface area contributed by atoms with Crippen molar-refractivity contribution in [2.24, 2.45) is 0 Å². The fourth-order valence-corrected chi connectivity index (χ4v) is 2.03. The summed E-state index contributed by atoms with van der Waals surface area (Å²) in [5.74, 6) is 0. The Morgan fingerprint density at radius 3 is 2.94 bits per heavy atom. The largest absolute Gasteiger partial charge is 0.392 e. The molecule has 1 aliphatic heterocycles. The van der Waals surface area contributed by atoms with Gasteiger partial charge < -0.3 is 14.6 Å². The molecule has 1 N–H and O–H groups in total. The van der Waals surface area contributed by atoms with E-state index >= 15 is 0 Å². The van der Waals surface area contributed by atoms with Crippen molar-refractivity contribution in [3.63, 3.8) is 0 Å². The maximum Gasteiger partial charge on any atom is 0.157 e. The van der Waals surface area contributed by atoms with E-state index in [0.717, 1.165) is 31.4 Å². The molecule has 1 atom stereocenters. The van der Waals surface area contributed by atoms with Gasteiger partial charge in [-0.05, 0) is 36.8 Å². The average Bonchev–Trinajstić information content (AvgIpc) is 2.40. The third kappa shape index (κ3) is 4.11. The van der Waals surface area contributed by atoms with Gasteiger partial charge in [-0.25, -0.2) is 0 Å². The molecule has 3 nitrogen and oxygen atoms in total. The zero-order valence-electron chi connectivity index (χ0n) is 10.1. The molecule has 0 amide bonds. The van der Waals surface area contributed by atoms with E-state index < -0.39 is 0 Å². The number of rotatable bonds is 5. The maximum absolute atomic E-state index is 9.04. The van der Waals surface area contributed by atoms with Gasteiger partial charge >= 0.3 is 0 Å². The second-order valence-electron chi connectivity index (χ2n) is 4.39. The van der Waals surface area contributed by atoms with Crippen molar-refractivity contribution in [3.05, 3.63) is 35.4 Å². The van der Waals surface area contributed by atoms with Crippen LogP contribution in [0.1, 0.15) is 30.4 Å². The van der Waals surface area contributed by atoms with Crippen molar-refractivity contribution in [1.29, 1.82) is 0 Å². The summed E-state index contributed by atoms with van der Waals surface area (Å²) in [5.41, 5.74) is 2.16. The predicted octanol–water partition coefficient (Wildman–Crippen LogP) is 2.26. The van der Waals surface area contributed by atoms with E-state index in [1.54, 1.807) is 0 Å². The third-order valence-corrected chi connectivity index (χ3v) is 3.01. The van der Waals surface area contributed by atoms with Gasteiger partial charge in [0.25, 0.3) is 0 Å². The molecule has 94 valence electrons. The molecular weight excluding hydrogens is 216 g/mol. The van der Waals surface area contributed by atoms with E-state index in [0.29, 0.717) is 6.61 Å². The van der Waals surface area contributed by atoms with Crippen LogP contribution in [0.3, 0.4) is 0 Å². The second kappa shape index (κ2) is 6.74. The summed E-state index contributed by atoms with van der Waals surface area (Å²) in [4.78, 5) is 0. The molecule has 3 heteroatoms. The molecule has 1 unspecified atom stereocenters. The first-order valence-electron chi connectivity index (χ1n) is 6.30. The van der Waals surface area contributed by atoms with Crippen LogP contribution in [0.5, 0.6) is 0 Å². The summed E-state index contributed by atoms with van der Waals surface area (Å²) in [6.07, 6.45) is 4.22. The van der Waals surface area contributed by atoms with Crippen LogP contribution in [0.2, 0.25) is 0 Å². The number of ether oxygens (including phenoxy) is 2. The average molecular weight is 236 g/mol. The van der Waals surface area contributed by atoms with Crippen LogP contribution in [0.15, 0.2) is 24.3 Å². The molecule has 0 aliphatic carbocycles. The first-order valence-corrected chi connectivity index (χ1v) is 6.30. The van der Waals surface area contributed by atoms with Crippen LogP contribution < -0.4 is 0 Å². The highest BCUT2D eigenvalue weighted by atomic mass is 16.7. The number of hydrogen-bond donors (Lipinski definition) is 1. The Morgan fingerprint density at radius 2 is 2.18 bits per heavy atom. The smallest absolute Gasteiger partial charge is 0.157 e. The third-order valence-electron chi connectivity index (χ3n) is 3.01. The summed E-state index contributed by atoms with van der Waals surface area (Å²) in [5, 5.41) is 9.04. The lowest BCUT2D eigenvalue weighted by Gasteiger charge is -2.22. The van der Waals surface area contributed by atoms with Gasteiger partial charge in [0, 0.05) is 6.61 Å². The zero-order chi connectivity index (χ0) is 11.9. The molecule has 0 saturated carbocycles. The van der Waals surface area contributed by atoms with Crippen LogP contribution in [0, 0.1) is 0 Å². The lowest BCUT2D eigenvalue weighted by molar-refractivity contribution is -0.161. The summed E-state index contributed by atoms with van der Waals surface area (Å²) in [7, 11) is 0.